The molecule has 0 saturated carbocycles. The first-order chi connectivity index (χ1) is 12.2. The first-order valence-electron chi connectivity index (χ1n) is 8.67. The number of anilines is 1. The van der Waals surface area contributed by atoms with Crippen LogP contribution in [0.3, 0.4) is 0 Å². The molecule has 0 bridgehead atoms. The van der Waals surface area contributed by atoms with Gasteiger partial charge in [-0.05, 0) is 30.8 Å². The summed E-state index contributed by atoms with van der Waals surface area (Å²) in [5, 5.41) is 4.05. The monoisotopic (exact) mass is 333 g/mol. The number of amides is 1. The number of fused-ring (bicyclic) bond motifs is 1. The van der Waals surface area contributed by atoms with E-state index in [2.05, 4.69) is 29.0 Å². The molecule has 1 amide bonds. The Morgan fingerprint density at radius 3 is 2.44 bits per heavy atom. The van der Waals surface area contributed by atoms with Crippen LogP contribution in [0.1, 0.15) is 25.5 Å². The molecule has 1 unspecified atom stereocenters. The molecule has 1 N–H and O–H groups in total. The first kappa shape index (κ1) is 17.1. The minimum atomic E-state index is -0.317. The molecule has 1 atom stereocenters. The van der Waals surface area contributed by atoms with Gasteiger partial charge in [-0.2, -0.15) is 0 Å². The molecule has 4 heteroatoms. The van der Waals surface area contributed by atoms with E-state index >= 15 is 0 Å². The van der Waals surface area contributed by atoms with Crippen molar-refractivity contribution in [3.05, 3.63) is 72.4 Å². The molecule has 0 radical (unpaired) electrons. The summed E-state index contributed by atoms with van der Waals surface area (Å²) < 4.78 is 0. The van der Waals surface area contributed by atoms with Crippen LogP contribution in [0.2, 0.25) is 0 Å². The molecule has 0 spiro atoms. The van der Waals surface area contributed by atoms with Crippen LogP contribution in [-0.4, -0.2) is 28.9 Å². The molecule has 1 aromatic heterocycles. The maximum Gasteiger partial charge on any atom is 0.246 e. The lowest BCUT2D eigenvalue weighted by Crippen LogP contribution is -2.37. The molecule has 1 heterocycles. The molecular weight excluding hydrogens is 310 g/mol. The van der Waals surface area contributed by atoms with E-state index in [1.807, 2.05) is 60.7 Å². The third-order valence-corrected chi connectivity index (χ3v) is 4.40. The lowest BCUT2D eigenvalue weighted by atomic mass is 10.0. The maximum absolute atomic E-state index is 13.0. The van der Waals surface area contributed by atoms with Crippen molar-refractivity contribution in [2.75, 3.05) is 18.4 Å². The van der Waals surface area contributed by atoms with Gasteiger partial charge in [-0.1, -0.05) is 62.4 Å². The van der Waals surface area contributed by atoms with Gasteiger partial charge < -0.3 is 5.32 Å². The Bertz CT molecular complexity index is 844. The molecule has 4 nitrogen and oxygen atoms in total. The van der Waals surface area contributed by atoms with Crippen LogP contribution < -0.4 is 5.32 Å². The zero-order chi connectivity index (χ0) is 17.6. The van der Waals surface area contributed by atoms with Crippen LogP contribution in [0.25, 0.3) is 10.9 Å². The summed E-state index contributed by atoms with van der Waals surface area (Å²) >= 11 is 0. The van der Waals surface area contributed by atoms with E-state index < -0.39 is 0 Å². The Balaban J connectivity index is 1.88. The number of carbonyl (C=O) groups excluding carboxylic acids is 1. The molecule has 128 valence electrons. The summed E-state index contributed by atoms with van der Waals surface area (Å²) in [4.78, 5) is 19.6. The van der Waals surface area contributed by atoms with Gasteiger partial charge >= 0.3 is 0 Å². The summed E-state index contributed by atoms with van der Waals surface area (Å²) in [5.74, 6) is -0.0352. The maximum atomic E-state index is 13.0. The van der Waals surface area contributed by atoms with Crippen molar-refractivity contribution in [3.63, 3.8) is 0 Å². The SMILES string of the molecule is CCN(CC)C(C(=O)Nc1cnc2ccccc2c1)c1ccccc1. The van der Waals surface area contributed by atoms with Gasteiger partial charge in [-0.25, -0.2) is 0 Å². The molecule has 2 aromatic carbocycles. The number of aromatic nitrogens is 1. The van der Waals surface area contributed by atoms with Crippen molar-refractivity contribution in [1.29, 1.82) is 0 Å². The minimum Gasteiger partial charge on any atom is -0.323 e. The fraction of sp³-hybridized carbons (Fsp3) is 0.238. The Hall–Kier alpha value is -2.72. The van der Waals surface area contributed by atoms with Gasteiger partial charge in [-0.3, -0.25) is 14.7 Å². The highest BCUT2D eigenvalue weighted by atomic mass is 16.2. The summed E-state index contributed by atoms with van der Waals surface area (Å²) in [6.45, 7) is 5.76. The Morgan fingerprint density at radius 1 is 1.04 bits per heavy atom. The second-order valence-electron chi connectivity index (χ2n) is 5.94. The molecular formula is C21H23N3O. The summed E-state index contributed by atoms with van der Waals surface area (Å²) in [6, 6.07) is 19.4. The molecule has 0 fully saturated rings. The average molecular weight is 333 g/mol. The fourth-order valence-electron chi connectivity index (χ4n) is 3.10. The molecule has 3 rings (SSSR count). The number of para-hydroxylation sites is 1. The smallest absolute Gasteiger partial charge is 0.246 e. The normalized spacial score (nSPS) is 12.3. The van der Waals surface area contributed by atoms with Gasteiger partial charge in [0.05, 0.1) is 17.4 Å². The van der Waals surface area contributed by atoms with E-state index in [1.165, 1.54) is 0 Å². The standard InChI is InChI=1S/C21H23N3O/c1-3-24(4-2)20(16-10-6-5-7-11-16)21(25)23-18-14-17-12-8-9-13-19(17)22-15-18/h5-15,20H,3-4H2,1-2H3,(H,23,25). The first-order valence-corrected chi connectivity index (χ1v) is 8.67. The predicted octanol–water partition coefficient (Wildman–Crippen LogP) is 4.26. The zero-order valence-electron chi connectivity index (χ0n) is 14.6. The van der Waals surface area contributed by atoms with Gasteiger partial charge in [0.25, 0.3) is 0 Å². The second-order valence-corrected chi connectivity index (χ2v) is 5.94. The lowest BCUT2D eigenvalue weighted by molar-refractivity contribution is -0.121. The second kappa shape index (κ2) is 7.90. The van der Waals surface area contributed by atoms with Crippen LogP contribution in [0.4, 0.5) is 5.69 Å². The van der Waals surface area contributed by atoms with Gasteiger partial charge in [0, 0.05) is 5.39 Å². The Morgan fingerprint density at radius 2 is 1.72 bits per heavy atom. The number of hydrogen-bond acceptors (Lipinski definition) is 3. The van der Waals surface area contributed by atoms with E-state index in [-0.39, 0.29) is 11.9 Å². The van der Waals surface area contributed by atoms with Crippen molar-refractivity contribution in [2.45, 2.75) is 19.9 Å². The van der Waals surface area contributed by atoms with Crippen molar-refractivity contribution in [1.82, 2.24) is 9.88 Å². The summed E-state index contributed by atoms with van der Waals surface area (Å²) in [7, 11) is 0. The van der Waals surface area contributed by atoms with Crippen molar-refractivity contribution in [3.8, 4) is 0 Å². The number of nitrogens with zero attached hydrogens (tertiary/aromatic N) is 2. The van der Waals surface area contributed by atoms with E-state index in [0.717, 1.165) is 35.2 Å². The number of likely N-dealkylation sites (N-methyl/N-ethyl adjacent to an activating group) is 1. The highest BCUT2D eigenvalue weighted by Crippen LogP contribution is 2.23. The average Bonchev–Trinajstić information content (AvgIpc) is 2.66. The molecule has 3 aromatic rings. The van der Waals surface area contributed by atoms with E-state index in [1.54, 1.807) is 6.20 Å². The zero-order valence-corrected chi connectivity index (χ0v) is 14.6. The molecule has 0 aliphatic heterocycles. The van der Waals surface area contributed by atoms with Gasteiger partial charge in [0.2, 0.25) is 5.91 Å². The van der Waals surface area contributed by atoms with Crippen LogP contribution in [0.15, 0.2) is 66.9 Å². The van der Waals surface area contributed by atoms with Gasteiger partial charge in [0.15, 0.2) is 0 Å². The number of nitrogens with one attached hydrogen (secondary N) is 1. The van der Waals surface area contributed by atoms with Crippen molar-refractivity contribution in [2.24, 2.45) is 0 Å². The summed E-state index contributed by atoms with van der Waals surface area (Å²) in [5.41, 5.74) is 2.64. The number of rotatable bonds is 6. The number of carbonyl (C=O) groups is 1. The minimum absolute atomic E-state index is 0.0352. The predicted molar refractivity (Wildman–Crippen MR) is 102 cm³/mol. The Labute approximate surface area is 148 Å². The van der Waals surface area contributed by atoms with Crippen LogP contribution in [-0.2, 0) is 4.79 Å². The molecule has 0 aliphatic carbocycles. The van der Waals surface area contributed by atoms with E-state index in [4.69, 9.17) is 0 Å². The third kappa shape index (κ3) is 3.86. The highest BCUT2D eigenvalue weighted by Gasteiger charge is 2.25. The van der Waals surface area contributed by atoms with Crippen LogP contribution in [0, 0.1) is 0 Å². The summed E-state index contributed by atoms with van der Waals surface area (Å²) in [6.07, 6.45) is 1.71. The topological polar surface area (TPSA) is 45.2 Å². The van der Waals surface area contributed by atoms with E-state index in [0.29, 0.717) is 0 Å². The number of pyridine rings is 1. The highest BCUT2D eigenvalue weighted by molar-refractivity contribution is 5.97. The van der Waals surface area contributed by atoms with E-state index in [9.17, 15) is 4.79 Å². The van der Waals surface area contributed by atoms with Gasteiger partial charge in [-0.15, -0.1) is 0 Å². The quantitative estimate of drug-likeness (QED) is 0.733. The number of benzene rings is 2. The van der Waals surface area contributed by atoms with Crippen molar-refractivity contribution >= 4 is 22.5 Å². The fourth-order valence-corrected chi connectivity index (χ4v) is 3.10. The largest absolute Gasteiger partial charge is 0.323 e. The Kier molecular flexibility index (Phi) is 5.41. The van der Waals surface area contributed by atoms with Crippen molar-refractivity contribution < 1.29 is 4.79 Å². The van der Waals surface area contributed by atoms with Gasteiger partial charge in [0.1, 0.15) is 6.04 Å². The molecule has 0 aliphatic rings. The number of hydrogen-bond donors (Lipinski definition) is 1. The van der Waals surface area contributed by atoms with Crippen LogP contribution >= 0.6 is 0 Å². The van der Waals surface area contributed by atoms with Crippen LogP contribution in [0.5, 0.6) is 0 Å². The molecule has 0 saturated heterocycles. The third-order valence-electron chi connectivity index (χ3n) is 4.40. The lowest BCUT2D eigenvalue weighted by Gasteiger charge is -2.29. The molecule has 25 heavy (non-hydrogen) atoms.